The highest BCUT2D eigenvalue weighted by molar-refractivity contribution is 9.10. The van der Waals surface area contributed by atoms with Crippen LogP contribution in [0.25, 0.3) is 0 Å². The molecule has 0 radical (unpaired) electrons. The number of imide groups is 1. The van der Waals surface area contributed by atoms with Gasteiger partial charge in [0.1, 0.15) is 6.54 Å². The van der Waals surface area contributed by atoms with Crippen LogP contribution in [0.15, 0.2) is 22.7 Å². The molecule has 2 rings (SSSR count). The van der Waals surface area contributed by atoms with Gasteiger partial charge in [-0.25, -0.2) is 0 Å². The van der Waals surface area contributed by atoms with Gasteiger partial charge in [-0.05, 0) is 39.0 Å². The normalized spacial score (nSPS) is 14.5. The summed E-state index contributed by atoms with van der Waals surface area (Å²) in [6.07, 6.45) is 0. The molecule has 1 aliphatic heterocycles. The lowest BCUT2D eigenvalue weighted by Crippen LogP contribution is -2.47. The fraction of sp³-hybridized carbons (Fsp3) is 0.357. The number of nitrogens with zero attached hydrogens (tertiary/aromatic N) is 1. The summed E-state index contributed by atoms with van der Waals surface area (Å²) in [5.74, 6) is -1.22. The summed E-state index contributed by atoms with van der Waals surface area (Å²) in [5, 5.41) is 2.73. The maximum Gasteiger partial charge on any atom is 0.262 e. The average Bonchev–Trinajstić information content (AvgIpc) is 2.52. The van der Waals surface area contributed by atoms with Gasteiger partial charge in [0, 0.05) is 10.0 Å². The summed E-state index contributed by atoms with van der Waals surface area (Å²) < 4.78 is 0.721. The molecule has 5 nitrogen and oxygen atoms in total. The molecule has 0 unspecified atom stereocenters. The van der Waals surface area contributed by atoms with Crippen LogP contribution in [0.4, 0.5) is 0 Å². The fourth-order valence-electron chi connectivity index (χ4n) is 2.01. The molecular formula is C14H15BrN2O3. The number of halogens is 1. The summed E-state index contributed by atoms with van der Waals surface area (Å²) in [7, 11) is 0. The largest absolute Gasteiger partial charge is 0.350 e. The van der Waals surface area contributed by atoms with Gasteiger partial charge in [-0.2, -0.15) is 0 Å². The minimum absolute atomic E-state index is 0.263. The van der Waals surface area contributed by atoms with Gasteiger partial charge >= 0.3 is 0 Å². The van der Waals surface area contributed by atoms with Crippen LogP contribution in [0.3, 0.4) is 0 Å². The molecule has 0 bridgehead atoms. The van der Waals surface area contributed by atoms with Crippen LogP contribution in [0.2, 0.25) is 0 Å². The first-order valence-electron chi connectivity index (χ1n) is 6.16. The molecule has 1 heterocycles. The number of amides is 3. The molecule has 6 heteroatoms. The Morgan fingerprint density at radius 1 is 1.20 bits per heavy atom. The predicted octanol–water partition coefficient (Wildman–Crippen LogP) is 1.96. The van der Waals surface area contributed by atoms with Crippen LogP contribution in [-0.4, -0.2) is 34.7 Å². The number of benzene rings is 1. The van der Waals surface area contributed by atoms with Gasteiger partial charge in [0.05, 0.1) is 11.1 Å². The van der Waals surface area contributed by atoms with Crippen LogP contribution in [-0.2, 0) is 4.79 Å². The van der Waals surface area contributed by atoms with Crippen molar-refractivity contribution in [1.29, 1.82) is 0 Å². The van der Waals surface area contributed by atoms with Crippen molar-refractivity contribution in [2.24, 2.45) is 0 Å². The Morgan fingerprint density at radius 3 is 2.40 bits per heavy atom. The van der Waals surface area contributed by atoms with E-state index in [9.17, 15) is 14.4 Å². The highest BCUT2D eigenvalue weighted by Gasteiger charge is 2.36. The molecule has 0 atom stereocenters. The number of carbonyl (C=O) groups is 3. The number of hydrogen-bond donors (Lipinski definition) is 1. The molecule has 1 aliphatic rings. The summed E-state index contributed by atoms with van der Waals surface area (Å²) in [6, 6.07) is 4.88. The maximum atomic E-state index is 12.2. The van der Waals surface area contributed by atoms with E-state index in [4.69, 9.17) is 0 Å². The lowest BCUT2D eigenvalue weighted by atomic mass is 10.1. The molecule has 1 N–H and O–H groups in total. The Bertz CT molecular complexity index is 605. The number of hydrogen-bond acceptors (Lipinski definition) is 3. The van der Waals surface area contributed by atoms with Crippen molar-refractivity contribution in [1.82, 2.24) is 10.2 Å². The Hall–Kier alpha value is -1.69. The van der Waals surface area contributed by atoms with E-state index in [0.717, 1.165) is 9.37 Å². The number of rotatable bonds is 2. The van der Waals surface area contributed by atoms with E-state index in [-0.39, 0.29) is 12.5 Å². The molecule has 3 amide bonds. The van der Waals surface area contributed by atoms with Gasteiger partial charge in [0.15, 0.2) is 0 Å². The van der Waals surface area contributed by atoms with E-state index in [2.05, 4.69) is 21.2 Å². The highest BCUT2D eigenvalue weighted by atomic mass is 79.9. The molecule has 0 saturated heterocycles. The van der Waals surface area contributed by atoms with E-state index in [0.29, 0.717) is 11.1 Å². The molecule has 0 aromatic heterocycles. The third-order valence-corrected chi connectivity index (χ3v) is 3.24. The van der Waals surface area contributed by atoms with Gasteiger partial charge in [0.2, 0.25) is 5.91 Å². The van der Waals surface area contributed by atoms with Gasteiger partial charge in [-0.15, -0.1) is 0 Å². The molecule has 1 aromatic carbocycles. The molecule has 0 saturated carbocycles. The quantitative estimate of drug-likeness (QED) is 0.838. The van der Waals surface area contributed by atoms with E-state index in [1.165, 1.54) is 0 Å². The van der Waals surface area contributed by atoms with Crippen LogP contribution in [0.1, 0.15) is 41.5 Å². The summed E-state index contributed by atoms with van der Waals surface area (Å²) in [5.41, 5.74) is 0.258. The Balaban J connectivity index is 2.19. The number of carbonyl (C=O) groups excluding carboxylic acids is 3. The van der Waals surface area contributed by atoms with E-state index < -0.39 is 17.4 Å². The number of fused-ring (bicyclic) bond motifs is 1. The van der Waals surface area contributed by atoms with E-state index in [1.54, 1.807) is 18.2 Å². The first kappa shape index (κ1) is 14.7. The van der Waals surface area contributed by atoms with Crippen molar-refractivity contribution in [3.63, 3.8) is 0 Å². The second kappa shape index (κ2) is 5.01. The van der Waals surface area contributed by atoms with E-state index >= 15 is 0 Å². The monoisotopic (exact) mass is 338 g/mol. The highest BCUT2D eigenvalue weighted by Crippen LogP contribution is 2.25. The summed E-state index contributed by atoms with van der Waals surface area (Å²) in [4.78, 5) is 37.1. The molecule has 20 heavy (non-hydrogen) atoms. The lowest BCUT2D eigenvalue weighted by molar-refractivity contribution is -0.122. The van der Waals surface area contributed by atoms with Gasteiger partial charge in [-0.1, -0.05) is 15.9 Å². The van der Waals surface area contributed by atoms with Crippen LogP contribution in [0.5, 0.6) is 0 Å². The van der Waals surface area contributed by atoms with Crippen molar-refractivity contribution < 1.29 is 14.4 Å². The molecule has 106 valence electrons. The van der Waals surface area contributed by atoms with Crippen molar-refractivity contribution in [3.05, 3.63) is 33.8 Å². The molecule has 0 aliphatic carbocycles. The van der Waals surface area contributed by atoms with Crippen LogP contribution >= 0.6 is 15.9 Å². The van der Waals surface area contributed by atoms with Gasteiger partial charge < -0.3 is 5.32 Å². The molecule has 0 spiro atoms. The lowest BCUT2D eigenvalue weighted by Gasteiger charge is -2.22. The van der Waals surface area contributed by atoms with Crippen LogP contribution < -0.4 is 5.32 Å². The summed E-state index contributed by atoms with van der Waals surface area (Å²) in [6.45, 7) is 5.25. The minimum atomic E-state index is -0.435. The topological polar surface area (TPSA) is 66.5 Å². The molecule has 0 fully saturated rings. The van der Waals surface area contributed by atoms with Crippen molar-refractivity contribution in [2.45, 2.75) is 26.3 Å². The first-order chi connectivity index (χ1) is 9.19. The Morgan fingerprint density at radius 2 is 1.80 bits per heavy atom. The second-order valence-electron chi connectivity index (χ2n) is 5.68. The molecular weight excluding hydrogens is 324 g/mol. The second-order valence-corrected chi connectivity index (χ2v) is 6.60. The van der Waals surface area contributed by atoms with Gasteiger partial charge in [0.25, 0.3) is 11.8 Å². The number of nitrogens with one attached hydrogen (secondary N) is 1. The first-order valence-corrected chi connectivity index (χ1v) is 6.95. The zero-order chi connectivity index (χ0) is 15.1. The molecule has 1 aromatic rings. The van der Waals surface area contributed by atoms with Gasteiger partial charge in [-0.3, -0.25) is 19.3 Å². The Labute approximate surface area is 125 Å². The Kier molecular flexibility index (Phi) is 3.69. The van der Waals surface area contributed by atoms with Crippen molar-refractivity contribution >= 4 is 33.7 Å². The zero-order valence-corrected chi connectivity index (χ0v) is 13.1. The minimum Gasteiger partial charge on any atom is -0.350 e. The smallest absolute Gasteiger partial charge is 0.262 e. The van der Waals surface area contributed by atoms with Crippen molar-refractivity contribution in [3.8, 4) is 0 Å². The van der Waals surface area contributed by atoms with Crippen molar-refractivity contribution in [2.75, 3.05) is 6.54 Å². The third kappa shape index (κ3) is 2.90. The van der Waals surface area contributed by atoms with Crippen LogP contribution in [0, 0.1) is 0 Å². The fourth-order valence-corrected chi connectivity index (χ4v) is 2.37. The van der Waals surface area contributed by atoms with E-state index in [1.807, 2.05) is 20.8 Å². The SMILES string of the molecule is CC(C)(C)NC(=O)CN1C(=O)c2ccc(Br)cc2C1=O. The average molecular weight is 339 g/mol. The maximum absolute atomic E-state index is 12.2. The standard InChI is InChI=1S/C14H15BrN2O3/c1-14(2,3)16-11(18)7-17-12(19)9-5-4-8(15)6-10(9)13(17)20/h4-6H,7H2,1-3H3,(H,16,18). The zero-order valence-electron chi connectivity index (χ0n) is 11.5. The third-order valence-electron chi connectivity index (χ3n) is 2.75. The summed E-state index contributed by atoms with van der Waals surface area (Å²) >= 11 is 3.26. The predicted molar refractivity (Wildman–Crippen MR) is 77.4 cm³/mol.